The highest BCUT2D eigenvalue weighted by molar-refractivity contribution is 6.09. The van der Waals surface area contributed by atoms with Crippen LogP contribution in [0, 0.1) is 6.33 Å². The first-order valence-electron chi connectivity index (χ1n) is 19.6. The molecule has 0 radical (unpaired) electrons. The molecule has 6 aromatic carbocycles. The van der Waals surface area contributed by atoms with Gasteiger partial charge in [-0.25, -0.2) is 4.98 Å². The van der Waals surface area contributed by atoms with Crippen LogP contribution in [0.2, 0.25) is 0 Å². The second-order valence-electron chi connectivity index (χ2n) is 16.4. The topological polar surface area (TPSA) is 40.8 Å². The lowest BCUT2D eigenvalue weighted by molar-refractivity contribution is -0.572. The lowest BCUT2D eigenvalue weighted by atomic mass is 9.86. The van der Waals surface area contributed by atoms with Gasteiger partial charge < -0.3 is 4.74 Å². The van der Waals surface area contributed by atoms with Crippen LogP contribution in [0.15, 0.2) is 146 Å². The molecule has 0 bridgehead atoms. The summed E-state index contributed by atoms with van der Waals surface area (Å²) >= 11 is 0. The number of benzene rings is 6. The minimum absolute atomic E-state index is 0.124. The van der Waals surface area contributed by atoms with Gasteiger partial charge in [0, 0.05) is 29.2 Å². The van der Waals surface area contributed by atoms with E-state index in [-0.39, 0.29) is 5.41 Å². The van der Waals surface area contributed by atoms with E-state index in [1.165, 1.54) is 27.8 Å². The van der Waals surface area contributed by atoms with Gasteiger partial charge in [0.15, 0.2) is 0 Å². The molecule has 0 unspecified atom stereocenters. The van der Waals surface area contributed by atoms with Gasteiger partial charge in [0.2, 0.25) is 5.95 Å². The third-order valence-electron chi connectivity index (χ3n) is 10.9. The van der Waals surface area contributed by atoms with Crippen molar-refractivity contribution < 1.29 is 9.30 Å². The molecule has 6 heteroatoms. The van der Waals surface area contributed by atoms with Crippen LogP contribution in [0.1, 0.15) is 77.0 Å². The minimum Gasteiger partial charge on any atom is -0.458 e. The van der Waals surface area contributed by atoms with Gasteiger partial charge in [-0.3, -0.25) is 18.3 Å². The van der Waals surface area contributed by atoms with E-state index in [2.05, 4.69) is 207 Å². The highest BCUT2D eigenvalue weighted by Gasteiger charge is 2.23. The zero-order valence-corrected chi connectivity index (χ0v) is 33.2. The number of ether oxygens (including phenoxy) is 1. The van der Waals surface area contributed by atoms with Crippen LogP contribution in [0.3, 0.4) is 0 Å². The van der Waals surface area contributed by atoms with Crippen LogP contribution >= 0.6 is 0 Å². The summed E-state index contributed by atoms with van der Waals surface area (Å²) in [6, 6.07) is 47.1. The summed E-state index contributed by atoms with van der Waals surface area (Å²) in [7, 11) is 0. The van der Waals surface area contributed by atoms with Crippen molar-refractivity contribution in [3.8, 4) is 34.5 Å². The van der Waals surface area contributed by atoms with E-state index in [4.69, 9.17) is 9.72 Å². The number of para-hydroxylation sites is 5. The third-order valence-corrected chi connectivity index (χ3v) is 10.9. The first-order chi connectivity index (χ1) is 27.1. The van der Waals surface area contributed by atoms with E-state index in [1.807, 2.05) is 12.3 Å². The molecule has 56 heavy (non-hydrogen) atoms. The normalized spacial score (nSPS) is 12.2. The smallest absolute Gasteiger partial charge is 0.269 e. The summed E-state index contributed by atoms with van der Waals surface area (Å²) in [5.41, 5.74) is 11.2. The zero-order valence-electron chi connectivity index (χ0n) is 33.2. The number of hydrogen-bond donors (Lipinski definition) is 0. The first kappa shape index (κ1) is 35.3. The Balaban J connectivity index is 1.20. The number of nitrogens with zero attached hydrogens (tertiary/aromatic N) is 5. The van der Waals surface area contributed by atoms with Crippen LogP contribution in [0.25, 0.3) is 55.8 Å². The standard InChI is InChI=1S/C50H47N5O/c1-33(2)40-19-15-20-41(34(3)4)48(40)52-27-26-51-49(52)55-44-21-12-11-18-42(44)43-25-24-38(31-47(43)55)56-39-29-35(50(5,6)7)28-37(30-39)54-32-53(36-16-9-8-10-17-36)45-22-13-14-23-46(45)54/h8-31,33-34H,1-7H3. The Morgan fingerprint density at radius 3 is 2.05 bits per heavy atom. The van der Waals surface area contributed by atoms with Crippen molar-refractivity contribution in [2.24, 2.45) is 0 Å². The Kier molecular flexibility index (Phi) is 8.65. The molecule has 6 nitrogen and oxygen atoms in total. The molecule has 0 N–H and O–H groups in total. The summed E-state index contributed by atoms with van der Waals surface area (Å²) in [6.07, 6.45) is 7.68. The summed E-state index contributed by atoms with van der Waals surface area (Å²) < 4.78 is 15.7. The third kappa shape index (κ3) is 6.06. The van der Waals surface area contributed by atoms with Crippen LogP contribution in [-0.4, -0.2) is 18.7 Å². The predicted molar refractivity (Wildman–Crippen MR) is 228 cm³/mol. The summed E-state index contributed by atoms with van der Waals surface area (Å²) in [4.78, 5) is 5.06. The van der Waals surface area contributed by atoms with Crippen molar-refractivity contribution in [2.45, 2.75) is 65.7 Å². The maximum absolute atomic E-state index is 6.90. The summed E-state index contributed by atoms with van der Waals surface area (Å²) in [5.74, 6) is 3.05. The number of rotatable bonds is 8. The van der Waals surface area contributed by atoms with Crippen LogP contribution in [-0.2, 0) is 5.41 Å². The molecule has 3 heterocycles. The molecule has 0 aliphatic rings. The van der Waals surface area contributed by atoms with Crippen LogP contribution in [0.5, 0.6) is 11.5 Å². The molecular formula is C50H47N5O. The van der Waals surface area contributed by atoms with Gasteiger partial charge >= 0.3 is 0 Å². The molecule has 0 amide bonds. The molecule has 0 aliphatic carbocycles. The molecule has 9 aromatic rings. The van der Waals surface area contributed by atoms with E-state index in [0.717, 1.165) is 56.3 Å². The largest absolute Gasteiger partial charge is 0.458 e. The second-order valence-corrected chi connectivity index (χ2v) is 16.4. The number of aromatic nitrogens is 5. The van der Waals surface area contributed by atoms with Crippen molar-refractivity contribution in [1.29, 1.82) is 0 Å². The van der Waals surface area contributed by atoms with E-state index in [9.17, 15) is 0 Å². The number of hydrogen-bond acceptors (Lipinski definition) is 2. The summed E-state index contributed by atoms with van der Waals surface area (Å²) in [6.45, 7) is 15.8. The highest BCUT2D eigenvalue weighted by atomic mass is 16.5. The molecule has 0 atom stereocenters. The van der Waals surface area contributed by atoms with E-state index in [0.29, 0.717) is 11.8 Å². The van der Waals surface area contributed by atoms with Crippen molar-refractivity contribution in [1.82, 2.24) is 18.7 Å². The van der Waals surface area contributed by atoms with Gasteiger partial charge in [-0.1, -0.05) is 127 Å². The molecule has 278 valence electrons. The average molecular weight is 734 g/mol. The quantitative estimate of drug-likeness (QED) is 0.115. The fourth-order valence-corrected chi connectivity index (χ4v) is 8.02. The fraction of sp³-hybridized carbons (Fsp3) is 0.200. The minimum atomic E-state index is -0.124. The SMILES string of the molecule is CC(C)c1cccc(C(C)C)c1-n1ccnc1-n1c2ccccc2c2ccc(Oc3cc(-n4[c-][n+](-c5ccccc5)c5ccccc54)cc(C(C)(C)C)c3)cc21. The van der Waals surface area contributed by atoms with Gasteiger partial charge in [0.1, 0.15) is 11.5 Å². The second kappa shape index (κ2) is 13.7. The Morgan fingerprint density at radius 2 is 1.32 bits per heavy atom. The number of fused-ring (bicyclic) bond motifs is 4. The van der Waals surface area contributed by atoms with E-state index >= 15 is 0 Å². The van der Waals surface area contributed by atoms with Gasteiger partial charge in [-0.2, -0.15) is 0 Å². The molecule has 3 aromatic heterocycles. The Morgan fingerprint density at radius 1 is 0.643 bits per heavy atom. The van der Waals surface area contributed by atoms with Crippen molar-refractivity contribution in [2.75, 3.05) is 0 Å². The average Bonchev–Trinajstić information content (AvgIpc) is 3.91. The number of imidazole rings is 2. The van der Waals surface area contributed by atoms with E-state index in [1.54, 1.807) is 0 Å². The summed E-state index contributed by atoms with van der Waals surface area (Å²) in [5, 5.41) is 2.32. The van der Waals surface area contributed by atoms with Gasteiger partial charge in [0.25, 0.3) is 6.33 Å². The lowest BCUT2D eigenvalue weighted by Crippen LogP contribution is -2.29. The van der Waals surface area contributed by atoms with Crippen LogP contribution < -0.4 is 9.30 Å². The maximum Gasteiger partial charge on any atom is 0.269 e. The predicted octanol–water partition coefficient (Wildman–Crippen LogP) is 12.3. The molecular weight excluding hydrogens is 687 g/mol. The molecule has 0 fully saturated rings. The van der Waals surface area contributed by atoms with Gasteiger partial charge in [0.05, 0.1) is 39.1 Å². The van der Waals surface area contributed by atoms with Crippen LogP contribution in [0.4, 0.5) is 0 Å². The van der Waals surface area contributed by atoms with Crippen molar-refractivity contribution >= 4 is 32.8 Å². The molecule has 9 rings (SSSR count). The highest BCUT2D eigenvalue weighted by Crippen LogP contribution is 2.39. The Labute approximate surface area is 328 Å². The van der Waals surface area contributed by atoms with Gasteiger partial charge in [-0.05, 0) is 82.5 Å². The molecule has 0 saturated heterocycles. The maximum atomic E-state index is 6.90. The Hall–Kier alpha value is -6.40. The molecule has 0 aliphatic heterocycles. The van der Waals surface area contributed by atoms with Crippen molar-refractivity contribution in [3.05, 3.63) is 169 Å². The fourth-order valence-electron chi connectivity index (χ4n) is 8.02. The van der Waals surface area contributed by atoms with E-state index < -0.39 is 0 Å². The van der Waals surface area contributed by atoms with Gasteiger partial charge in [-0.15, -0.1) is 0 Å². The lowest BCUT2D eigenvalue weighted by Gasteiger charge is -2.22. The Bertz CT molecular complexity index is 2860. The molecule has 0 saturated carbocycles. The molecule has 0 spiro atoms. The zero-order chi connectivity index (χ0) is 38.7. The first-order valence-corrected chi connectivity index (χ1v) is 19.6. The monoisotopic (exact) mass is 733 g/mol. The van der Waals surface area contributed by atoms with Crippen molar-refractivity contribution in [3.63, 3.8) is 0 Å².